The van der Waals surface area contributed by atoms with Crippen LogP contribution in [0.4, 0.5) is 0 Å². The van der Waals surface area contributed by atoms with Crippen molar-refractivity contribution < 1.29 is 9.53 Å². The minimum absolute atomic E-state index is 0.0481. The van der Waals surface area contributed by atoms with E-state index in [0.29, 0.717) is 11.4 Å². The van der Waals surface area contributed by atoms with E-state index in [1.54, 1.807) is 7.11 Å². The second kappa shape index (κ2) is 6.06. The molecule has 0 saturated heterocycles. The summed E-state index contributed by atoms with van der Waals surface area (Å²) in [4.78, 5) is 17.1. The Hall–Kier alpha value is -3.14. The Balaban J connectivity index is 1.92. The van der Waals surface area contributed by atoms with Crippen LogP contribution in [0, 0.1) is 6.92 Å². The number of nitrogens with one attached hydrogen (secondary N) is 1. The first-order valence-electron chi connectivity index (χ1n) is 8.20. The molecular formula is C21H18N2O2. The highest BCUT2D eigenvalue weighted by Gasteiger charge is 2.33. The van der Waals surface area contributed by atoms with E-state index in [0.717, 1.165) is 27.9 Å². The van der Waals surface area contributed by atoms with Crippen LogP contribution < -0.4 is 10.1 Å². The highest BCUT2D eigenvalue weighted by Crippen LogP contribution is 2.39. The van der Waals surface area contributed by atoms with Crippen LogP contribution >= 0.6 is 0 Å². The van der Waals surface area contributed by atoms with Gasteiger partial charge in [0, 0.05) is 22.8 Å². The lowest BCUT2D eigenvalue weighted by molar-refractivity contribution is 0.0960. The molecule has 1 aliphatic rings. The van der Waals surface area contributed by atoms with Crippen molar-refractivity contribution >= 4 is 5.91 Å². The van der Waals surface area contributed by atoms with Crippen molar-refractivity contribution in [1.29, 1.82) is 0 Å². The number of carbonyl (C=O) groups excluding carboxylic acids is 1. The molecule has 0 radical (unpaired) electrons. The molecule has 2 aromatic carbocycles. The summed E-state index contributed by atoms with van der Waals surface area (Å²) in [5.74, 6) is 0.507. The summed E-state index contributed by atoms with van der Waals surface area (Å²) in [7, 11) is 1.60. The van der Waals surface area contributed by atoms with Gasteiger partial charge in [0.1, 0.15) is 0 Å². The predicted molar refractivity (Wildman–Crippen MR) is 96.7 cm³/mol. The number of rotatable bonds is 3. The number of aryl methyl sites for hydroxylation is 1. The van der Waals surface area contributed by atoms with E-state index in [1.165, 1.54) is 0 Å². The van der Waals surface area contributed by atoms with Gasteiger partial charge in [-0.05, 0) is 30.2 Å². The van der Waals surface area contributed by atoms with Crippen molar-refractivity contribution in [3.63, 3.8) is 0 Å². The summed E-state index contributed by atoms with van der Waals surface area (Å²) >= 11 is 0. The number of hydrogen-bond donors (Lipinski definition) is 1. The Labute approximate surface area is 146 Å². The third-order valence-corrected chi connectivity index (χ3v) is 4.62. The smallest absolute Gasteiger partial charge is 0.252 e. The summed E-state index contributed by atoms with van der Waals surface area (Å²) in [5.41, 5.74) is 5.67. The van der Waals surface area contributed by atoms with Crippen LogP contribution in [0.15, 0.2) is 60.7 Å². The zero-order valence-electron chi connectivity index (χ0n) is 14.1. The molecule has 1 unspecified atom stereocenters. The number of ether oxygens (including phenoxy) is 1. The molecule has 0 fully saturated rings. The Morgan fingerprint density at radius 1 is 0.960 bits per heavy atom. The first-order chi connectivity index (χ1) is 12.2. The maximum absolute atomic E-state index is 12.5. The predicted octanol–water partition coefficient (Wildman–Crippen LogP) is 3.90. The lowest BCUT2D eigenvalue weighted by atomic mass is 9.90. The van der Waals surface area contributed by atoms with Gasteiger partial charge < -0.3 is 10.1 Å². The maximum Gasteiger partial charge on any atom is 0.252 e. The van der Waals surface area contributed by atoms with Crippen LogP contribution in [0.25, 0.3) is 11.3 Å². The number of amides is 1. The van der Waals surface area contributed by atoms with Gasteiger partial charge in [0.05, 0.1) is 18.8 Å². The molecule has 4 heteroatoms. The summed E-state index contributed by atoms with van der Waals surface area (Å²) in [6, 6.07) is 19.4. The van der Waals surface area contributed by atoms with Crippen molar-refractivity contribution in [2.75, 3.05) is 7.11 Å². The average molecular weight is 330 g/mol. The van der Waals surface area contributed by atoms with Gasteiger partial charge >= 0.3 is 0 Å². The quantitative estimate of drug-likeness (QED) is 0.792. The molecule has 1 aromatic heterocycles. The highest BCUT2D eigenvalue weighted by atomic mass is 16.5. The van der Waals surface area contributed by atoms with Crippen molar-refractivity contribution in [1.82, 2.24) is 10.3 Å². The molecule has 25 heavy (non-hydrogen) atoms. The molecular weight excluding hydrogens is 312 g/mol. The van der Waals surface area contributed by atoms with E-state index in [1.807, 2.05) is 48.5 Å². The molecule has 1 atom stereocenters. The maximum atomic E-state index is 12.5. The summed E-state index contributed by atoms with van der Waals surface area (Å²) < 4.78 is 5.25. The third kappa shape index (κ3) is 2.56. The zero-order chi connectivity index (χ0) is 17.4. The first kappa shape index (κ1) is 15.4. The summed E-state index contributed by atoms with van der Waals surface area (Å²) in [6.45, 7) is 2.06. The topological polar surface area (TPSA) is 51.2 Å². The van der Waals surface area contributed by atoms with Gasteiger partial charge in [-0.1, -0.05) is 42.5 Å². The lowest BCUT2D eigenvalue weighted by Gasteiger charge is -2.18. The van der Waals surface area contributed by atoms with E-state index in [9.17, 15) is 4.79 Å². The second-order valence-electron chi connectivity index (χ2n) is 6.10. The second-order valence-corrected chi connectivity index (χ2v) is 6.10. The van der Waals surface area contributed by atoms with Gasteiger partial charge in [0.15, 0.2) is 0 Å². The van der Waals surface area contributed by atoms with E-state index in [-0.39, 0.29) is 11.9 Å². The molecule has 0 saturated carbocycles. The van der Waals surface area contributed by atoms with Gasteiger partial charge in [0.2, 0.25) is 5.88 Å². The van der Waals surface area contributed by atoms with E-state index in [4.69, 9.17) is 4.74 Å². The molecule has 124 valence electrons. The van der Waals surface area contributed by atoms with E-state index in [2.05, 4.69) is 29.4 Å². The summed E-state index contributed by atoms with van der Waals surface area (Å²) in [6.07, 6.45) is 0. The number of fused-ring (bicyclic) bond motifs is 1. The Kier molecular flexibility index (Phi) is 3.73. The standard InChI is InChI=1S/C21H18N2O2/c1-13-7-3-4-8-14(13)20-19-15(9-5-10-16(19)21(24)23-20)17-11-6-12-18(22-17)25-2/h3-12,20H,1-2H3,(H,23,24). The minimum Gasteiger partial charge on any atom is -0.481 e. The van der Waals surface area contributed by atoms with Gasteiger partial charge in [-0.15, -0.1) is 0 Å². The minimum atomic E-state index is -0.173. The normalized spacial score (nSPS) is 15.6. The fraction of sp³-hybridized carbons (Fsp3) is 0.143. The number of carbonyl (C=O) groups is 1. The highest BCUT2D eigenvalue weighted by molar-refractivity contribution is 6.02. The molecule has 2 heterocycles. The van der Waals surface area contributed by atoms with Crippen LogP contribution in [0.1, 0.15) is 33.1 Å². The molecule has 4 nitrogen and oxygen atoms in total. The number of nitrogens with zero attached hydrogens (tertiary/aromatic N) is 1. The summed E-state index contributed by atoms with van der Waals surface area (Å²) in [5, 5.41) is 3.12. The fourth-order valence-corrected chi connectivity index (χ4v) is 3.40. The average Bonchev–Trinajstić information content (AvgIpc) is 2.99. The van der Waals surface area contributed by atoms with Crippen LogP contribution in [0.2, 0.25) is 0 Å². The van der Waals surface area contributed by atoms with Gasteiger partial charge in [-0.2, -0.15) is 0 Å². The third-order valence-electron chi connectivity index (χ3n) is 4.62. The van der Waals surface area contributed by atoms with Crippen LogP contribution in [0.5, 0.6) is 5.88 Å². The SMILES string of the molecule is COc1cccc(-c2cccc3c2C(c2ccccc2C)NC3=O)n1. The lowest BCUT2D eigenvalue weighted by Crippen LogP contribution is -2.20. The Bertz CT molecular complexity index is 966. The van der Waals surface area contributed by atoms with Crippen molar-refractivity contribution in [3.05, 3.63) is 82.9 Å². The van der Waals surface area contributed by atoms with Gasteiger partial charge in [-0.25, -0.2) is 4.98 Å². The van der Waals surface area contributed by atoms with Gasteiger partial charge in [0.25, 0.3) is 5.91 Å². The van der Waals surface area contributed by atoms with Crippen molar-refractivity contribution in [3.8, 4) is 17.1 Å². The molecule has 1 N–H and O–H groups in total. The molecule has 0 aliphatic carbocycles. The van der Waals surface area contributed by atoms with Crippen LogP contribution in [0.3, 0.4) is 0 Å². The monoisotopic (exact) mass is 330 g/mol. The fourth-order valence-electron chi connectivity index (χ4n) is 3.40. The Morgan fingerprint density at radius 2 is 1.72 bits per heavy atom. The number of hydrogen-bond acceptors (Lipinski definition) is 3. The molecule has 3 aromatic rings. The number of benzene rings is 2. The van der Waals surface area contributed by atoms with Crippen molar-refractivity contribution in [2.24, 2.45) is 0 Å². The molecule has 0 bridgehead atoms. The molecule has 4 rings (SSSR count). The van der Waals surface area contributed by atoms with Crippen LogP contribution in [-0.2, 0) is 0 Å². The number of methoxy groups -OCH3 is 1. The number of pyridine rings is 1. The molecule has 1 amide bonds. The van der Waals surface area contributed by atoms with Crippen molar-refractivity contribution in [2.45, 2.75) is 13.0 Å². The van der Waals surface area contributed by atoms with Gasteiger partial charge in [-0.3, -0.25) is 4.79 Å². The largest absolute Gasteiger partial charge is 0.481 e. The first-order valence-corrected chi connectivity index (χ1v) is 8.20. The van der Waals surface area contributed by atoms with E-state index >= 15 is 0 Å². The molecule has 1 aliphatic heterocycles. The molecule has 0 spiro atoms. The number of aromatic nitrogens is 1. The van der Waals surface area contributed by atoms with Crippen LogP contribution in [-0.4, -0.2) is 18.0 Å². The zero-order valence-corrected chi connectivity index (χ0v) is 14.1. The Morgan fingerprint density at radius 3 is 2.52 bits per heavy atom. The van der Waals surface area contributed by atoms with E-state index < -0.39 is 0 Å².